The van der Waals surface area contributed by atoms with E-state index in [2.05, 4.69) is 25.3 Å². The first kappa shape index (κ1) is 26.6. The Bertz CT molecular complexity index is 783. The summed E-state index contributed by atoms with van der Waals surface area (Å²) in [4.78, 5) is 0. The Morgan fingerprint density at radius 3 is 1.68 bits per heavy atom. The zero-order valence-electron chi connectivity index (χ0n) is 18.3. The molecule has 2 aromatic carbocycles. The molecule has 8 heteroatoms. The summed E-state index contributed by atoms with van der Waals surface area (Å²) in [5, 5.41) is -0.127. The summed E-state index contributed by atoms with van der Waals surface area (Å²) in [6.07, 6.45) is -0.0808. The Kier molecular flexibility index (Phi) is 10.8. The highest BCUT2D eigenvalue weighted by molar-refractivity contribution is 8.00. The van der Waals surface area contributed by atoms with Crippen LogP contribution < -0.4 is 9.47 Å². The number of rotatable bonds is 12. The van der Waals surface area contributed by atoms with E-state index in [4.69, 9.17) is 44.2 Å². The molecule has 0 radical (unpaired) electrons. The fourth-order valence-electron chi connectivity index (χ4n) is 3.76. The number of ether oxygens (including phenoxy) is 4. The van der Waals surface area contributed by atoms with Gasteiger partial charge in [0, 0.05) is 31.1 Å². The molecule has 0 amide bonds. The second kappa shape index (κ2) is 12.6. The number of thiol groups is 4. The molecule has 0 bridgehead atoms. The van der Waals surface area contributed by atoms with Crippen molar-refractivity contribution in [3.63, 3.8) is 0 Å². The molecule has 2 aromatic rings. The molecule has 0 fully saturated rings. The van der Waals surface area contributed by atoms with Crippen LogP contribution >= 0.6 is 50.5 Å². The smallest absolute Gasteiger partial charge is 0.118 e. The van der Waals surface area contributed by atoms with Gasteiger partial charge >= 0.3 is 0 Å². The average Bonchev–Trinajstić information content (AvgIpc) is 2.78. The van der Waals surface area contributed by atoms with Crippen molar-refractivity contribution in [1.82, 2.24) is 0 Å². The molecule has 31 heavy (non-hydrogen) atoms. The third-order valence-corrected chi connectivity index (χ3v) is 7.39. The predicted octanol–water partition coefficient (Wildman–Crippen LogP) is 4.84. The summed E-state index contributed by atoms with van der Waals surface area (Å²) in [7, 11) is 6.64. The highest BCUT2D eigenvalue weighted by atomic mass is 32.2. The molecule has 0 heterocycles. The van der Waals surface area contributed by atoms with E-state index < -0.39 is 4.08 Å². The van der Waals surface area contributed by atoms with Crippen LogP contribution in [-0.4, -0.2) is 55.7 Å². The van der Waals surface area contributed by atoms with Crippen molar-refractivity contribution in [3.05, 3.63) is 59.7 Å². The summed E-state index contributed by atoms with van der Waals surface area (Å²) in [6, 6.07) is 15.8. The number of methoxy groups -OCH3 is 4. The van der Waals surface area contributed by atoms with Crippen molar-refractivity contribution in [2.45, 2.75) is 33.9 Å². The van der Waals surface area contributed by atoms with Crippen LogP contribution in [0, 0.1) is 0 Å². The lowest BCUT2D eigenvalue weighted by Gasteiger charge is -2.42. The fraction of sp³-hybridized carbons (Fsp3) is 0.478. The van der Waals surface area contributed by atoms with Crippen LogP contribution in [0.25, 0.3) is 0 Å². The number of benzene rings is 2. The van der Waals surface area contributed by atoms with Gasteiger partial charge in [0.15, 0.2) is 0 Å². The second-order valence-corrected chi connectivity index (χ2v) is 10.3. The minimum absolute atomic E-state index is 0.127. The molecule has 0 aromatic heterocycles. The SMILES string of the molecule is COc1ccc(CC(S)(S)C(c2ccc(OC)cc2)C(OC)C(OC)C(S)CS)cc1. The van der Waals surface area contributed by atoms with Gasteiger partial charge in [-0.1, -0.05) is 24.3 Å². The summed E-state index contributed by atoms with van der Waals surface area (Å²) < 4.78 is 21.7. The van der Waals surface area contributed by atoms with E-state index in [1.807, 2.05) is 48.5 Å². The average molecular weight is 501 g/mol. The van der Waals surface area contributed by atoms with Gasteiger partial charge < -0.3 is 18.9 Å². The lowest BCUT2D eigenvalue weighted by atomic mass is 9.83. The largest absolute Gasteiger partial charge is 0.497 e. The maximum atomic E-state index is 6.00. The first-order valence-electron chi connectivity index (χ1n) is 9.87. The van der Waals surface area contributed by atoms with Crippen molar-refractivity contribution in [2.75, 3.05) is 34.2 Å². The normalized spacial score (nSPS) is 15.7. The molecular weight excluding hydrogens is 469 g/mol. The van der Waals surface area contributed by atoms with Gasteiger partial charge in [0.1, 0.15) is 11.5 Å². The van der Waals surface area contributed by atoms with Crippen molar-refractivity contribution in [1.29, 1.82) is 0 Å². The lowest BCUT2D eigenvalue weighted by Crippen LogP contribution is -2.48. The van der Waals surface area contributed by atoms with Gasteiger partial charge in [-0.25, -0.2) is 0 Å². The summed E-state index contributed by atoms with van der Waals surface area (Å²) in [5.74, 6) is 1.90. The van der Waals surface area contributed by atoms with Crippen LogP contribution in [0.15, 0.2) is 48.5 Å². The first-order valence-corrected chi connectivity index (χ1v) is 11.9. The maximum absolute atomic E-state index is 6.00. The van der Waals surface area contributed by atoms with Crippen molar-refractivity contribution >= 4 is 50.5 Å². The van der Waals surface area contributed by atoms with Crippen LogP contribution in [0.1, 0.15) is 17.0 Å². The van der Waals surface area contributed by atoms with E-state index in [1.165, 1.54) is 0 Å². The topological polar surface area (TPSA) is 36.9 Å². The molecule has 0 spiro atoms. The molecule has 0 saturated heterocycles. The molecule has 4 unspecified atom stereocenters. The maximum Gasteiger partial charge on any atom is 0.118 e. The summed E-state index contributed by atoms with van der Waals surface area (Å²) >= 11 is 19.2. The Morgan fingerprint density at radius 1 is 0.774 bits per heavy atom. The Morgan fingerprint density at radius 2 is 1.26 bits per heavy atom. The third-order valence-electron chi connectivity index (χ3n) is 5.36. The Labute approximate surface area is 208 Å². The molecular formula is C23H32O4S4. The van der Waals surface area contributed by atoms with Gasteiger partial charge in [0.05, 0.1) is 30.5 Å². The molecule has 0 aliphatic heterocycles. The molecule has 0 N–H and O–H groups in total. The van der Waals surface area contributed by atoms with Crippen LogP contribution in [0.5, 0.6) is 11.5 Å². The first-order chi connectivity index (χ1) is 14.8. The van der Waals surface area contributed by atoms with Gasteiger partial charge in [0.2, 0.25) is 0 Å². The quantitative estimate of drug-likeness (QED) is 0.248. The summed E-state index contributed by atoms with van der Waals surface area (Å²) in [5.41, 5.74) is 2.11. The van der Waals surface area contributed by atoms with E-state index in [1.54, 1.807) is 28.4 Å². The van der Waals surface area contributed by atoms with E-state index in [-0.39, 0.29) is 23.4 Å². The number of hydrogen-bond donors (Lipinski definition) is 4. The van der Waals surface area contributed by atoms with Crippen molar-refractivity contribution < 1.29 is 18.9 Å². The van der Waals surface area contributed by atoms with Crippen molar-refractivity contribution in [2.24, 2.45) is 0 Å². The van der Waals surface area contributed by atoms with E-state index in [0.717, 1.165) is 22.6 Å². The van der Waals surface area contributed by atoms with E-state index in [0.29, 0.717) is 12.2 Å². The highest BCUT2D eigenvalue weighted by Crippen LogP contribution is 2.45. The monoisotopic (exact) mass is 500 g/mol. The van der Waals surface area contributed by atoms with Gasteiger partial charge in [-0.15, -0.1) is 0 Å². The van der Waals surface area contributed by atoms with Crippen LogP contribution in [-0.2, 0) is 15.9 Å². The molecule has 2 rings (SSSR count). The molecule has 0 saturated carbocycles. The van der Waals surface area contributed by atoms with Gasteiger partial charge in [0.25, 0.3) is 0 Å². The van der Waals surface area contributed by atoms with E-state index in [9.17, 15) is 0 Å². The Balaban J connectivity index is 2.49. The fourth-order valence-corrected chi connectivity index (χ4v) is 5.21. The Hall–Kier alpha value is -0.640. The predicted molar refractivity (Wildman–Crippen MR) is 141 cm³/mol. The summed E-state index contributed by atoms with van der Waals surface area (Å²) in [6.45, 7) is 0. The van der Waals surface area contributed by atoms with Crippen LogP contribution in [0.2, 0.25) is 0 Å². The molecule has 0 aliphatic carbocycles. The van der Waals surface area contributed by atoms with E-state index >= 15 is 0 Å². The standard InChI is InChI=1S/C23H32O4S4/c1-24-17-9-5-15(6-10-17)13-23(30,31)20(16-7-11-18(25-2)12-8-16)22(27-4)21(26-3)19(29)14-28/h5-12,19-22,28-31H,13-14H2,1-4H3. The van der Waals surface area contributed by atoms with Crippen molar-refractivity contribution in [3.8, 4) is 11.5 Å². The minimum Gasteiger partial charge on any atom is -0.497 e. The van der Waals surface area contributed by atoms with Crippen LogP contribution in [0.4, 0.5) is 0 Å². The number of hydrogen-bond acceptors (Lipinski definition) is 8. The lowest BCUT2D eigenvalue weighted by molar-refractivity contribution is -0.0485. The molecule has 0 aliphatic rings. The van der Waals surface area contributed by atoms with Gasteiger partial charge in [-0.2, -0.15) is 50.5 Å². The third kappa shape index (κ3) is 6.92. The highest BCUT2D eigenvalue weighted by Gasteiger charge is 2.44. The zero-order chi connectivity index (χ0) is 23.0. The molecule has 4 atom stereocenters. The van der Waals surface area contributed by atoms with Gasteiger partial charge in [-0.05, 0) is 41.8 Å². The molecule has 4 nitrogen and oxygen atoms in total. The zero-order valence-corrected chi connectivity index (χ0v) is 21.8. The second-order valence-electron chi connectivity index (χ2n) is 7.30. The molecule has 172 valence electrons. The van der Waals surface area contributed by atoms with Crippen LogP contribution in [0.3, 0.4) is 0 Å². The van der Waals surface area contributed by atoms with Gasteiger partial charge in [-0.3, -0.25) is 0 Å². The minimum atomic E-state index is -0.759.